The third kappa shape index (κ3) is 1.26. The molecule has 3 nitrogen and oxygen atoms in total. The van der Waals surface area contributed by atoms with E-state index in [2.05, 4.69) is 0 Å². The maximum atomic E-state index is 12.3. The molecule has 16 heavy (non-hydrogen) atoms. The quantitative estimate of drug-likeness (QED) is 0.756. The van der Waals surface area contributed by atoms with E-state index >= 15 is 0 Å². The summed E-state index contributed by atoms with van der Waals surface area (Å²) >= 11 is 0. The zero-order valence-electron chi connectivity index (χ0n) is 9.94. The topological polar surface area (TPSA) is 43.4 Å². The van der Waals surface area contributed by atoms with Gasteiger partial charge in [0.25, 0.3) is 0 Å². The molecule has 0 aromatic heterocycles. The van der Waals surface area contributed by atoms with Crippen LogP contribution in [0.2, 0.25) is 0 Å². The molecular formula is C12H16O3S. The smallest absolute Gasteiger partial charge is 0.186 e. The van der Waals surface area contributed by atoms with Crippen LogP contribution in [0, 0.1) is 6.92 Å². The van der Waals surface area contributed by atoms with Gasteiger partial charge in [-0.25, -0.2) is 8.42 Å². The highest BCUT2D eigenvalue weighted by Gasteiger charge is 2.52. The van der Waals surface area contributed by atoms with E-state index < -0.39 is 14.6 Å². The molecule has 0 spiro atoms. The lowest BCUT2D eigenvalue weighted by molar-refractivity contribution is 0.0784. The monoisotopic (exact) mass is 240 g/mol. The van der Waals surface area contributed by atoms with E-state index in [1.807, 2.05) is 19.1 Å². The molecule has 1 heterocycles. The maximum Gasteiger partial charge on any atom is 0.186 e. The molecule has 0 N–H and O–H groups in total. The third-order valence-electron chi connectivity index (χ3n) is 3.30. The summed E-state index contributed by atoms with van der Waals surface area (Å²) in [5, 5.41) is 0. The zero-order valence-corrected chi connectivity index (χ0v) is 10.8. The highest BCUT2D eigenvalue weighted by molar-refractivity contribution is 7.93. The van der Waals surface area contributed by atoms with E-state index in [-0.39, 0.29) is 6.10 Å². The number of sulfone groups is 1. The standard InChI is InChI=1S/C12H16O3S/c1-8-5-6-9-10(7-8)16(13,14)12(2,3)11(9)15-4/h5-7,11H,1-4H3. The van der Waals surface area contributed by atoms with Crippen molar-refractivity contribution >= 4 is 9.84 Å². The van der Waals surface area contributed by atoms with Crippen molar-refractivity contribution in [3.63, 3.8) is 0 Å². The summed E-state index contributed by atoms with van der Waals surface area (Å²) in [6, 6.07) is 5.50. The third-order valence-corrected chi connectivity index (χ3v) is 5.83. The molecule has 1 unspecified atom stereocenters. The van der Waals surface area contributed by atoms with Crippen LogP contribution in [0.4, 0.5) is 0 Å². The Morgan fingerprint density at radius 1 is 1.31 bits per heavy atom. The summed E-state index contributed by atoms with van der Waals surface area (Å²) in [6.45, 7) is 5.32. The summed E-state index contributed by atoms with van der Waals surface area (Å²) in [4.78, 5) is 0.421. The van der Waals surface area contributed by atoms with Crippen molar-refractivity contribution in [2.45, 2.75) is 36.5 Å². The van der Waals surface area contributed by atoms with E-state index in [1.165, 1.54) is 0 Å². The molecule has 1 aliphatic rings. The van der Waals surface area contributed by atoms with Gasteiger partial charge in [0.2, 0.25) is 0 Å². The minimum atomic E-state index is -3.29. The maximum absolute atomic E-state index is 12.3. The Kier molecular flexibility index (Phi) is 2.40. The normalized spacial score (nSPS) is 25.4. The first-order valence-electron chi connectivity index (χ1n) is 5.20. The number of ether oxygens (including phenoxy) is 1. The Morgan fingerprint density at radius 2 is 1.94 bits per heavy atom. The van der Waals surface area contributed by atoms with E-state index in [9.17, 15) is 8.42 Å². The van der Waals surface area contributed by atoms with Crippen molar-refractivity contribution in [3.05, 3.63) is 29.3 Å². The van der Waals surface area contributed by atoms with E-state index in [0.29, 0.717) is 4.90 Å². The summed E-state index contributed by atoms with van der Waals surface area (Å²) in [7, 11) is -1.74. The molecule has 1 aromatic rings. The molecule has 0 saturated carbocycles. The van der Waals surface area contributed by atoms with Crippen molar-refractivity contribution < 1.29 is 13.2 Å². The van der Waals surface area contributed by atoms with Gasteiger partial charge in [-0.1, -0.05) is 12.1 Å². The minimum absolute atomic E-state index is 0.381. The fourth-order valence-corrected chi connectivity index (χ4v) is 4.20. The summed E-state index contributed by atoms with van der Waals surface area (Å²) in [5.41, 5.74) is 1.73. The minimum Gasteiger partial charge on any atom is -0.375 e. The van der Waals surface area contributed by atoms with E-state index in [0.717, 1.165) is 11.1 Å². The number of aryl methyl sites for hydroxylation is 1. The second-order valence-electron chi connectivity index (χ2n) is 4.76. The average Bonchev–Trinajstić information content (AvgIpc) is 2.33. The summed E-state index contributed by atoms with van der Waals surface area (Å²) in [5.74, 6) is 0. The van der Waals surface area contributed by atoms with Crippen LogP contribution >= 0.6 is 0 Å². The molecule has 0 bridgehead atoms. The molecule has 2 rings (SSSR count). The average molecular weight is 240 g/mol. The lowest BCUT2D eigenvalue weighted by atomic mass is 9.98. The molecule has 0 radical (unpaired) electrons. The van der Waals surface area contributed by atoms with Gasteiger partial charge in [-0.05, 0) is 32.4 Å². The summed E-state index contributed by atoms with van der Waals surface area (Å²) in [6.07, 6.45) is -0.381. The first-order chi connectivity index (χ1) is 7.32. The molecule has 1 aliphatic heterocycles. The van der Waals surface area contributed by atoms with Gasteiger partial charge < -0.3 is 4.74 Å². The SMILES string of the molecule is COC1c2ccc(C)cc2S(=O)(=O)C1(C)C. The second-order valence-corrected chi connectivity index (χ2v) is 7.26. The van der Waals surface area contributed by atoms with Gasteiger partial charge in [0.05, 0.1) is 4.90 Å². The van der Waals surface area contributed by atoms with Crippen LogP contribution in [0.1, 0.15) is 31.1 Å². The lowest BCUT2D eigenvalue weighted by Crippen LogP contribution is -2.33. The molecule has 0 saturated heterocycles. The Balaban J connectivity index is 2.78. The Morgan fingerprint density at radius 3 is 2.50 bits per heavy atom. The Hall–Kier alpha value is -0.870. The molecule has 4 heteroatoms. The largest absolute Gasteiger partial charge is 0.375 e. The van der Waals surface area contributed by atoms with Crippen LogP contribution in [0.3, 0.4) is 0 Å². The van der Waals surface area contributed by atoms with Gasteiger partial charge in [-0.15, -0.1) is 0 Å². The van der Waals surface area contributed by atoms with Crippen LogP contribution in [0.5, 0.6) is 0 Å². The van der Waals surface area contributed by atoms with Crippen LogP contribution in [-0.4, -0.2) is 20.3 Å². The zero-order chi connectivity index (χ0) is 12.1. The Labute approximate surface area is 96.4 Å². The van der Waals surface area contributed by atoms with Gasteiger partial charge in [0, 0.05) is 12.7 Å². The predicted octanol–water partition coefficient (Wildman–Crippen LogP) is 2.25. The van der Waals surface area contributed by atoms with Crippen molar-refractivity contribution in [1.82, 2.24) is 0 Å². The van der Waals surface area contributed by atoms with E-state index in [1.54, 1.807) is 27.0 Å². The molecular weight excluding hydrogens is 224 g/mol. The highest BCUT2D eigenvalue weighted by Crippen LogP contribution is 2.48. The van der Waals surface area contributed by atoms with Crippen LogP contribution in [0.25, 0.3) is 0 Å². The molecule has 0 amide bonds. The number of hydrogen-bond acceptors (Lipinski definition) is 3. The van der Waals surface area contributed by atoms with Crippen molar-refractivity contribution in [2.24, 2.45) is 0 Å². The van der Waals surface area contributed by atoms with Gasteiger partial charge in [-0.3, -0.25) is 0 Å². The van der Waals surface area contributed by atoms with Gasteiger partial charge >= 0.3 is 0 Å². The van der Waals surface area contributed by atoms with Gasteiger partial charge in [-0.2, -0.15) is 0 Å². The highest BCUT2D eigenvalue weighted by atomic mass is 32.2. The number of hydrogen-bond donors (Lipinski definition) is 0. The number of rotatable bonds is 1. The van der Waals surface area contributed by atoms with E-state index in [4.69, 9.17) is 4.74 Å². The van der Waals surface area contributed by atoms with Crippen LogP contribution in [-0.2, 0) is 14.6 Å². The lowest BCUT2D eigenvalue weighted by Gasteiger charge is -2.24. The molecule has 1 atom stereocenters. The second kappa shape index (κ2) is 3.31. The first kappa shape index (κ1) is 11.6. The van der Waals surface area contributed by atoms with Gasteiger partial charge in [0.15, 0.2) is 9.84 Å². The number of benzene rings is 1. The number of fused-ring (bicyclic) bond motifs is 1. The summed E-state index contributed by atoms with van der Waals surface area (Å²) < 4.78 is 29.2. The predicted molar refractivity (Wildman–Crippen MR) is 62.2 cm³/mol. The fourth-order valence-electron chi connectivity index (χ4n) is 2.30. The molecule has 1 aromatic carbocycles. The number of methoxy groups -OCH3 is 1. The Bertz CT molecular complexity index is 529. The molecule has 0 fully saturated rings. The van der Waals surface area contributed by atoms with Crippen LogP contribution in [0.15, 0.2) is 23.1 Å². The van der Waals surface area contributed by atoms with Crippen LogP contribution < -0.4 is 0 Å². The first-order valence-corrected chi connectivity index (χ1v) is 6.68. The van der Waals surface area contributed by atoms with Gasteiger partial charge in [0.1, 0.15) is 10.9 Å². The van der Waals surface area contributed by atoms with Crippen molar-refractivity contribution in [3.8, 4) is 0 Å². The fraction of sp³-hybridized carbons (Fsp3) is 0.500. The molecule has 0 aliphatic carbocycles. The van der Waals surface area contributed by atoms with Crippen molar-refractivity contribution in [2.75, 3.05) is 7.11 Å². The van der Waals surface area contributed by atoms with Crippen molar-refractivity contribution in [1.29, 1.82) is 0 Å². The molecule has 88 valence electrons.